The molecule has 0 aromatic rings. The fourth-order valence-electron chi connectivity index (χ4n) is 0.425. The van der Waals surface area contributed by atoms with Crippen molar-refractivity contribution in [2.24, 2.45) is 0 Å². The van der Waals surface area contributed by atoms with E-state index < -0.39 is 12.1 Å². The Morgan fingerprint density at radius 1 is 1.58 bits per heavy atom. The first kappa shape index (κ1) is 10.5. The highest BCUT2D eigenvalue weighted by Crippen LogP contribution is 1.90. The third-order valence-electron chi connectivity index (χ3n) is 0.960. The summed E-state index contributed by atoms with van der Waals surface area (Å²) in [5, 5.41) is 10.2. The normalized spacial score (nSPS) is 8.75. The average Bonchev–Trinajstić information content (AvgIpc) is 1.97. The predicted molar refractivity (Wildman–Crippen MR) is 41.8 cm³/mol. The Kier molecular flexibility index (Phi) is 4.52. The molecule has 12 heavy (non-hydrogen) atoms. The van der Waals surface area contributed by atoms with Gasteiger partial charge in [0.1, 0.15) is 6.61 Å². The van der Waals surface area contributed by atoms with Gasteiger partial charge in [-0.2, -0.15) is 0 Å². The Bertz CT molecular complexity index is 200. The van der Waals surface area contributed by atoms with E-state index in [0.717, 1.165) is 0 Å². The Morgan fingerprint density at radius 2 is 2.17 bits per heavy atom. The van der Waals surface area contributed by atoms with Crippen molar-refractivity contribution in [2.75, 3.05) is 13.2 Å². The summed E-state index contributed by atoms with van der Waals surface area (Å²) in [6.07, 6.45) is -1.14. The van der Waals surface area contributed by atoms with Gasteiger partial charge in [0.15, 0.2) is 0 Å². The second-order valence-corrected chi connectivity index (χ2v) is 2.15. The van der Waals surface area contributed by atoms with Gasteiger partial charge in [0.2, 0.25) is 0 Å². The summed E-state index contributed by atoms with van der Waals surface area (Å²) in [5.74, 6) is -0.512. The molecule has 1 amide bonds. The van der Waals surface area contributed by atoms with Crippen LogP contribution in [0.4, 0.5) is 4.79 Å². The molecule has 0 saturated heterocycles. The summed E-state index contributed by atoms with van der Waals surface area (Å²) >= 11 is 0. The van der Waals surface area contributed by atoms with E-state index in [1.54, 1.807) is 0 Å². The van der Waals surface area contributed by atoms with Crippen molar-refractivity contribution in [1.29, 1.82) is 0 Å². The lowest BCUT2D eigenvalue weighted by Gasteiger charge is -2.03. The molecule has 0 aromatic carbocycles. The van der Waals surface area contributed by atoms with E-state index in [1.807, 2.05) is 5.32 Å². The molecule has 0 unspecified atom stereocenters. The Balaban J connectivity index is 3.38. The van der Waals surface area contributed by atoms with Crippen LogP contribution in [0.25, 0.3) is 0 Å². The van der Waals surface area contributed by atoms with Crippen molar-refractivity contribution in [3.8, 4) is 0 Å². The van der Waals surface area contributed by atoms with Crippen molar-refractivity contribution in [3.05, 3.63) is 12.2 Å². The summed E-state index contributed by atoms with van der Waals surface area (Å²) in [5.41, 5.74) is 0.297. The van der Waals surface area contributed by atoms with E-state index in [1.165, 1.54) is 6.92 Å². The number of carboxylic acid groups (broad SMARTS) is 1. The molecule has 0 heterocycles. The molecule has 5 heteroatoms. The zero-order chi connectivity index (χ0) is 9.56. The lowest BCUT2D eigenvalue weighted by molar-refractivity contribution is -0.138. The summed E-state index contributed by atoms with van der Waals surface area (Å²) in [7, 11) is 0. The van der Waals surface area contributed by atoms with Crippen LogP contribution in [-0.4, -0.2) is 30.3 Å². The molecule has 68 valence electrons. The van der Waals surface area contributed by atoms with Gasteiger partial charge in [0.25, 0.3) is 0 Å². The molecule has 0 fully saturated rings. The van der Waals surface area contributed by atoms with Crippen LogP contribution in [0.5, 0.6) is 0 Å². The van der Waals surface area contributed by atoms with Crippen LogP contribution in [0, 0.1) is 0 Å². The van der Waals surface area contributed by atoms with Gasteiger partial charge in [0, 0.05) is 5.57 Å². The molecule has 0 bridgehead atoms. The number of carbonyl (C=O) groups excluding carboxylic acids is 1. The van der Waals surface area contributed by atoms with Gasteiger partial charge < -0.3 is 15.2 Å². The minimum Gasteiger partial charge on any atom is -0.465 e. The smallest absolute Gasteiger partial charge is 0.404 e. The standard InChI is InChI=1S/C7H11NO4/c1-5(2)6(9)12-4-3-8-7(10)11/h8H,1,3-4H2,2H3,(H,10,11). The number of hydrogen-bond donors (Lipinski definition) is 2. The van der Waals surface area contributed by atoms with Gasteiger partial charge in [0.05, 0.1) is 6.54 Å². The van der Waals surface area contributed by atoms with Crippen LogP contribution < -0.4 is 5.32 Å². The van der Waals surface area contributed by atoms with E-state index in [-0.39, 0.29) is 13.2 Å². The van der Waals surface area contributed by atoms with Crippen LogP contribution >= 0.6 is 0 Å². The Labute approximate surface area is 70.0 Å². The highest BCUT2D eigenvalue weighted by Gasteiger charge is 2.02. The highest BCUT2D eigenvalue weighted by molar-refractivity contribution is 5.86. The van der Waals surface area contributed by atoms with Gasteiger partial charge in [-0.3, -0.25) is 0 Å². The lowest BCUT2D eigenvalue weighted by Crippen LogP contribution is -2.26. The molecule has 0 aliphatic carbocycles. The Morgan fingerprint density at radius 3 is 2.58 bits per heavy atom. The summed E-state index contributed by atoms with van der Waals surface area (Å²) in [6, 6.07) is 0. The molecule has 0 aliphatic rings. The maximum atomic E-state index is 10.7. The molecule has 0 aliphatic heterocycles. The third kappa shape index (κ3) is 5.28. The number of nitrogens with one attached hydrogen (secondary N) is 1. The molecule has 2 N–H and O–H groups in total. The first-order valence-electron chi connectivity index (χ1n) is 3.33. The van der Waals surface area contributed by atoms with E-state index in [0.29, 0.717) is 5.57 Å². The second kappa shape index (κ2) is 5.17. The summed E-state index contributed by atoms with van der Waals surface area (Å²) in [4.78, 5) is 20.6. The van der Waals surface area contributed by atoms with Crippen molar-refractivity contribution in [2.45, 2.75) is 6.92 Å². The minimum atomic E-state index is -1.14. The molecule has 0 atom stereocenters. The maximum Gasteiger partial charge on any atom is 0.404 e. The first-order chi connectivity index (χ1) is 5.54. The zero-order valence-electron chi connectivity index (χ0n) is 6.79. The SMILES string of the molecule is C=C(C)C(=O)OCCNC(=O)O. The van der Waals surface area contributed by atoms with Crippen LogP contribution in [-0.2, 0) is 9.53 Å². The number of rotatable bonds is 4. The van der Waals surface area contributed by atoms with Gasteiger partial charge in [-0.1, -0.05) is 6.58 Å². The van der Waals surface area contributed by atoms with E-state index in [9.17, 15) is 9.59 Å². The molecule has 0 rings (SSSR count). The topological polar surface area (TPSA) is 75.6 Å². The number of carbonyl (C=O) groups is 2. The van der Waals surface area contributed by atoms with Gasteiger partial charge in [-0.05, 0) is 6.92 Å². The van der Waals surface area contributed by atoms with Crippen LogP contribution in [0.3, 0.4) is 0 Å². The number of hydrogen-bond acceptors (Lipinski definition) is 3. The van der Waals surface area contributed by atoms with Gasteiger partial charge in [-0.25, -0.2) is 9.59 Å². The molecule has 0 aromatic heterocycles. The quantitative estimate of drug-likeness (QED) is 0.366. The molecule has 0 radical (unpaired) electrons. The van der Waals surface area contributed by atoms with Crippen LogP contribution in [0.2, 0.25) is 0 Å². The fraction of sp³-hybridized carbons (Fsp3) is 0.429. The summed E-state index contributed by atoms with van der Waals surface area (Å²) < 4.78 is 4.59. The highest BCUT2D eigenvalue weighted by atomic mass is 16.5. The fourth-order valence-corrected chi connectivity index (χ4v) is 0.425. The molecule has 0 spiro atoms. The van der Waals surface area contributed by atoms with Crippen molar-refractivity contribution in [3.63, 3.8) is 0 Å². The molecular formula is C7H11NO4. The number of esters is 1. The second-order valence-electron chi connectivity index (χ2n) is 2.15. The van der Waals surface area contributed by atoms with Crippen molar-refractivity contribution >= 4 is 12.1 Å². The number of amides is 1. The monoisotopic (exact) mass is 173 g/mol. The van der Waals surface area contributed by atoms with Gasteiger partial charge >= 0.3 is 12.1 Å². The lowest BCUT2D eigenvalue weighted by atomic mass is 10.4. The Hall–Kier alpha value is -1.52. The molecule has 0 saturated carbocycles. The van der Waals surface area contributed by atoms with E-state index >= 15 is 0 Å². The van der Waals surface area contributed by atoms with Crippen LogP contribution in [0.15, 0.2) is 12.2 Å². The first-order valence-corrected chi connectivity index (χ1v) is 3.33. The van der Waals surface area contributed by atoms with Crippen LogP contribution in [0.1, 0.15) is 6.92 Å². The van der Waals surface area contributed by atoms with Crippen molar-refractivity contribution in [1.82, 2.24) is 5.32 Å². The minimum absolute atomic E-state index is 0.0258. The van der Waals surface area contributed by atoms with Crippen molar-refractivity contribution < 1.29 is 19.4 Å². The summed E-state index contributed by atoms with van der Waals surface area (Å²) in [6.45, 7) is 5.00. The molecular weight excluding hydrogens is 162 g/mol. The largest absolute Gasteiger partial charge is 0.465 e. The maximum absolute atomic E-state index is 10.7. The van der Waals surface area contributed by atoms with Gasteiger partial charge in [-0.15, -0.1) is 0 Å². The molecule has 5 nitrogen and oxygen atoms in total. The van der Waals surface area contributed by atoms with E-state index in [2.05, 4.69) is 11.3 Å². The predicted octanol–water partition coefficient (Wildman–Crippen LogP) is 0.373. The van der Waals surface area contributed by atoms with E-state index in [4.69, 9.17) is 5.11 Å². The zero-order valence-corrected chi connectivity index (χ0v) is 6.79. The number of ether oxygens (including phenoxy) is 1. The average molecular weight is 173 g/mol. The third-order valence-corrected chi connectivity index (χ3v) is 0.960.